The van der Waals surface area contributed by atoms with Crippen LogP contribution in [-0.2, 0) is 9.53 Å². The minimum absolute atomic E-state index is 0.138. The molecule has 10 heteroatoms. The van der Waals surface area contributed by atoms with Crippen LogP contribution in [0.2, 0.25) is 0 Å². The number of aliphatic hydroxyl groups is 2. The summed E-state index contributed by atoms with van der Waals surface area (Å²) in [6.07, 6.45) is -0.830. The fourth-order valence-electron chi connectivity index (χ4n) is 3.56. The molecule has 2 saturated heterocycles. The quantitative estimate of drug-likeness (QED) is 0.413. The summed E-state index contributed by atoms with van der Waals surface area (Å²) < 4.78 is 6.41. The molecule has 1 aromatic heterocycles. The number of hydrogen-bond acceptors (Lipinski definition) is 9. The van der Waals surface area contributed by atoms with E-state index in [9.17, 15) is 15.0 Å². The van der Waals surface area contributed by atoms with Gasteiger partial charge in [-0.05, 0) is 12.1 Å². The molecule has 0 bridgehead atoms. The second kappa shape index (κ2) is 8.78. The summed E-state index contributed by atoms with van der Waals surface area (Å²) in [5.74, 6) is -0.711. The molecule has 2 aromatic rings. The van der Waals surface area contributed by atoms with E-state index in [4.69, 9.17) is 4.74 Å². The molecule has 2 aliphatic heterocycles. The van der Waals surface area contributed by atoms with Crippen molar-refractivity contribution in [3.8, 4) is 0 Å². The second-order valence-corrected chi connectivity index (χ2v) is 7.99. The standard InChI is InChI=1S/C18H25N5O4S/c24-9-11(10-25)19-15-14(17-20-12-3-1-2-4-13(12)28-17)16(26)22-18(21-15)23-5-7-27-8-6-23/h1-4,11,14-15,18-19,21,24-25H,5-10H2,(H,22,26). The summed E-state index contributed by atoms with van der Waals surface area (Å²) in [4.78, 5) is 19.8. The fraction of sp³-hybridized carbons (Fsp3) is 0.556. The molecule has 3 atom stereocenters. The van der Waals surface area contributed by atoms with Gasteiger partial charge in [-0.25, -0.2) is 4.98 Å². The van der Waals surface area contributed by atoms with Crippen molar-refractivity contribution in [2.75, 3.05) is 39.5 Å². The van der Waals surface area contributed by atoms with E-state index >= 15 is 0 Å². The predicted molar refractivity (Wildman–Crippen MR) is 105 cm³/mol. The number of rotatable bonds is 6. The van der Waals surface area contributed by atoms with Crippen LogP contribution in [-0.4, -0.2) is 84.0 Å². The third kappa shape index (κ3) is 4.03. The monoisotopic (exact) mass is 407 g/mol. The number of morpholine rings is 1. The van der Waals surface area contributed by atoms with E-state index in [2.05, 4.69) is 25.8 Å². The summed E-state index contributed by atoms with van der Waals surface area (Å²) in [5.41, 5.74) is 0.852. The van der Waals surface area contributed by atoms with Crippen LogP contribution in [0.15, 0.2) is 24.3 Å². The number of hydrogen-bond donors (Lipinski definition) is 5. The Labute approximate surface area is 166 Å². The third-order valence-electron chi connectivity index (χ3n) is 5.08. The maximum Gasteiger partial charge on any atom is 0.235 e. The maximum absolute atomic E-state index is 13.1. The van der Waals surface area contributed by atoms with Crippen molar-refractivity contribution in [1.29, 1.82) is 0 Å². The summed E-state index contributed by atoms with van der Waals surface area (Å²) in [5, 5.41) is 29.4. The Bertz CT molecular complexity index is 775. The number of fused-ring (bicyclic) bond motifs is 1. The zero-order valence-corrected chi connectivity index (χ0v) is 16.2. The molecule has 3 unspecified atom stereocenters. The minimum Gasteiger partial charge on any atom is -0.395 e. The lowest BCUT2D eigenvalue weighted by Crippen LogP contribution is -2.71. The first kappa shape index (κ1) is 19.6. The third-order valence-corrected chi connectivity index (χ3v) is 6.20. The lowest BCUT2D eigenvalue weighted by atomic mass is 10.0. The number of carbonyl (C=O) groups excluding carboxylic acids is 1. The van der Waals surface area contributed by atoms with E-state index in [0.717, 1.165) is 10.2 Å². The summed E-state index contributed by atoms with van der Waals surface area (Å²) in [6.45, 7) is 2.18. The largest absolute Gasteiger partial charge is 0.395 e. The van der Waals surface area contributed by atoms with Crippen molar-refractivity contribution in [3.63, 3.8) is 0 Å². The fourth-order valence-corrected chi connectivity index (χ4v) is 4.66. The van der Waals surface area contributed by atoms with E-state index in [0.29, 0.717) is 31.3 Å². The Morgan fingerprint density at radius 1 is 1.29 bits per heavy atom. The molecule has 3 heterocycles. The number of nitrogens with one attached hydrogen (secondary N) is 3. The van der Waals surface area contributed by atoms with Gasteiger partial charge < -0.3 is 20.3 Å². The van der Waals surface area contributed by atoms with Gasteiger partial charge in [-0.2, -0.15) is 0 Å². The topological polar surface area (TPSA) is 119 Å². The van der Waals surface area contributed by atoms with E-state index in [1.54, 1.807) is 0 Å². The molecule has 28 heavy (non-hydrogen) atoms. The Hall–Kier alpha value is -1.66. The molecule has 2 aliphatic rings. The number of aliphatic hydroxyl groups excluding tert-OH is 2. The number of aromatic nitrogens is 1. The highest BCUT2D eigenvalue weighted by molar-refractivity contribution is 7.18. The van der Waals surface area contributed by atoms with Crippen LogP contribution in [0.4, 0.5) is 0 Å². The van der Waals surface area contributed by atoms with Crippen molar-refractivity contribution in [2.45, 2.75) is 24.4 Å². The molecule has 0 saturated carbocycles. The molecular formula is C18H25N5O4S. The van der Waals surface area contributed by atoms with E-state index in [-0.39, 0.29) is 25.4 Å². The number of carbonyl (C=O) groups is 1. The summed E-state index contributed by atoms with van der Waals surface area (Å²) in [6, 6.07) is 7.23. The maximum atomic E-state index is 13.1. The predicted octanol–water partition coefficient (Wildman–Crippen LogP) is -1.02. The normalized spacial score (nSPS) is 26.7. The Morgan fingerprint density at radius 3 is 2.75 bits per heavy atom. The molecule has 0 spiro atoms. The number of thiazole rings is 1. The Kier molecular flexibility index (Phi) is 6.16. The first-order chi connectivity index (χ1) is 13.7. The van der Waals surface area contributed by atoms with Crippen molar-refractivity contribution in [3.05, 3.63) is 29.3 Å². The smallest absolute Gasteiger partial charge is 0.235 e. The van der Waals surface area contributed by atoms with Crippen LogP contribution in [0, 0.1) is 0 Å². The first-order valence-electron chi connectivity index (χ1n) is 9.41. The lowest BCUT2D eigenvalue weighted by Gasteiger charge is -2.43. The van der Waals surface area contributed by atoms with Crippen LogP contribution in [0.3, 0.4) is 0 Å². The Balaban J connectivity index is 1.61. The van der Waals surface area contributed by atoms with E-state index in [1.807, 2.05) is 24.3 Å². The molecule has 1 aromatic carbocycles. The van der Waals surface area contributed by atoms with Crippen LogP contribution in [0.1, 0.15) is 10.9 Å². The first-order valence-corrected chi connectivity index (χ1v) is 10.2. The molecule has 0 radical (unpaired) electrons. The molecule has 4 rings (SSSR count). The molecular weight excluding hydrogens is 382 g/mol. The summed E-state index contributed by atoms with van der Waals surface area (Å²) in [7, 11) is 0. The van der Waals surface area contributed by atoms with Crippen molar-refractivity contribution in [2.24, 2.45) is 0 Å². The lowest BCUT2D eigenvalue weighted by molar-refractivity contribution is -0.131. The average Bonchev–Trinajstić information content (AvgIpc) is 3.15. The summed E-state index contributed by atoms with van der Waals surface area (Å²) >= 11 is 1.48. The van der Waals surface area contributed by atoms with Crippen molar-refractivity contribution < 1.29 is 19.7 Å². The van der Waals surface area contributed by atoms with E-state index < -0.39 is 18.1 Å². The van der Waals surface area contributed by atoms with Gasteiger partial charge in [0.2, 0.25) is 5.91 Å². The number of nitrogens with zero attached hydrogens (tertiary/aromatic N) is 2. The highest BCUT2D eigenvalue weighted by atomic mass is 32.1. The van der Waals surface area contributed by atoms with Gasteiger partial charge in [-0.15, -0.1) is 11.3 Å². The highest BCUT2D eigenvalue weighted by Crippen LogP contribution is 2.31. The number of para-hydroxylation sites is 1. The van der Waals surface area contributed by atoms with Gasteiger partial charge in [0.25, 0.3) is 0 Å². The Morgan fingerprint density at radius 2 is 2.04 bits per heavy atom. The van der Waals surface area contributed by atoms with Gasteiger partial charge in [0.05, 0.1) is 48.9 Å². The molecule has 9 nitrogen and oxygen atoms in total. The van der Waals surface area contributed by atoms with Gasteiger partial charge in [-0.3, -0.25) is 20.3 Å². The van der Waals surface area contributed by atoms with Gasteiger partial charge in [0, 0.05) is 13.1 Å². The zero-order chi connectivity index (χ0) is 19.5. The molecule has 2 fully saturated rings. The van der Waals surface area contributed by atoms with Crippen molar-refractivity contribution in [1.82, 2.24) is 25.8 Å². The van der Waals surface area contributed by atoms with Gasteiger partial charge in [-0.1, -0.05) is 12.1 Å². The van der Waals surface area contributed by atoms with Crippen LogP contribution >= 0.6 is 11.3 Å². The second-order valence-electron chi connectivity index (χ2n) is 6.93. The minimum atomic E-state index is -0.574. The van der Waals surface area contributed by atoms with Gasteiger partial charge in [0.15, 0.2) is 0 Å². The SMILES string of the molecule is O=C1NC(N2CCOCC2)NC(NC(CO)CO)C1c1nc2ccccc2s1. The number of amides is 1. The molecule has 5 N–H and O–H groups in total. The van der Waals surface area contributed by atoms with Crippen molar-refractivity contribution >= 4 is 27.5 Å². The van der Waals surface area contributed by atoms with Gasteiger partial charge >= 0.3 is 0 Å². The van der Waals surface area contributed by atoms with E-state index in [1.165, 1.54) is 11.3 Å². The molecule has 152 valence electrons. The zero-order valence-electron chi connectivity index (χ0n) is 15.4. The molecule has 0 aliphatic carbocycles. The van der Waals surface area contributed by atoms with Crippen LogP contribution in [0.25, 0.3) is 10.2 Å². The van der Waals surface area contributed by atoms with Crippen LogP contribution < -0.4 is 16.0 Å². The average molecular weight is 407 g/mol. The van der Waals surface area contributed by atoms with Crippen LogP contribution in [0.5, 0.6) is 0 Å². The highest BCUT2D eigenvalue weighted by Gasteiger charge is 2.41. The molecule has 1 amide bonds. The van der Waals surface area contributed by atoms with Gasteiger partial charge in [0.1, 0.15) is 17.2 Å². The number of ether oxygens (including phenoxy) is 1. The number of benzene rings is 1.